The molecule has 0 spiro atoms. The van der Waals surface area contributed by atoms with E-state index >= 15 is 0 Å². The SMILES string of the molecule is c1ccc(-c2nc(-c3ccccc3)c3cc(-c4ccc5c(c4)c4cc(-c6ccc(N(c7ccccc7)c7ccccc7)cc6)ccc4n5-c4ccccc4)ccc3n2)cc1. The maximum Gasteiger partial charge on any atom is 0.160 e. The van der Waals surface area contributed by atoms with Crippen molar-refractivity contribution in [1.29, 1.82) is 0 Å². The first kappa shape index (κ1) is 35.1. The number of hydrogen-bond donors (Lipinski definition) is 0. The Bertz CT molecular complexity index is 3230. The van der Waals surface area contributed by atoms with Crippen LogP contribution in [-0.2, 0) is 0 Å². The number of fused-ring (bicyclic) bond motifs is 4. The Balaban J connectivity index is 1.04. The summed E-state index contributed by atoms with van der Waals surface area (Å²) in [5.41, 5.74) is 15.3. The van der Waals surface area contributed by atoms with E-state index in [0.717, 1.165) is 78.5 Å². The second-order valence-electron chi connectivity index (χ2n) is 15.0. The number of anilines is 3. The second-order valence-corrected chi connectivity index (χ2v) is 15.0. The molecule has 0 saturated heterocycles. The van der Waals surface area contributed by atoms with E-state index in [0.29, 0.717) is 0 Å². The standard InChI is InChI=1S/C56H38N4/c1-6-16-40(17-7-1)55-51-38-43(28-33-52(51)57-56(58-55)41-18-8-2-9-19-41)44-30-35-54-50(37-44)49-36-42(29-34-53(49)60(54)47-24-14-5-15-25-47)39-26-31-48(32-27-39)59(45-20-10-3-11-21-45)46-22-12-4-13-23-46/h1-38H. The maximum atomic E-state index is 5.17. The maximum absolute atomic E-state index is 5.17. The van der Waals surface area contributed by atoms with Gasteiger partial charge in [-0.25, -0.2) is 9.97 Å². The van der Waals surface area contributed by atoms with Crippen LogP contribution in [0.2, 0.25) is 0 Å². The fraction of sp³-hybridized carbons (Fsp3) is 0. The van der Waals surface area contributed by atoms with Gasteiger partial charge in [0.05, 0.1) is 22.2 Å². The summed E-state index contributed by atoms with van der Waals surface area (Å²) in [5.74, 6) is 0.722. The first-order valence-corrected chi connectivity index (χ1v) is 20.3. The molecule has 0 fully saturated rings. The van der Waals surface area contributed by atoms with Gasteiger partial charge in [-0.1, -0.05) is 146 Å². The summed E-state index contributed by atoms with van der Waals surface area (Å²) in [7, 11) is 0. The van der Waals surface area contributed by atoms with Crippen LogP contribution in [0.3, 0.4) is 0 Å². The lowest BCUT2D eigenvalue weighted by molar-refractivity contribution is 1.18. The molecule has 0 aliphatic heterocycles. The molecule has 11 rings (SSSR count). The van der Waals surface area contributed by atoms with Crippen LogP contribution < -0.4 is 4.90 Å². The van der Waals surface area contributed by atoms with E-state index in [4.69, 9.17) is 9.97 Å². The molecule has 0 radical (unpaired) electrons. The highest BCUT2D eigenvalue weighted by molar-refractivity contribution is 6.12. The van der Waals surface area contributed by atoms with E-state index in [-0.39, 0.29) is 0 Å². The lowest BCUT2D eigenvalue weighted by atomic mass is 9.98. The predicted octanol–water partition coefficient (Wildman–Crippen LogP) is 14.9. The van der Waals surface area contributed by atoms with E-state index in [2.05, 4.69) is 216 Å². The Morgan fingerprint density at radius 1 is 0.317 bits per heavy atom. The Morgan fingerprint density at radius 3 is 1.32 bits per heavy atom. The molecule has 0 N–H and O–H groups in total. The minimum Gasteiger partial charge on any atom is -0.311 e. The van der Waals surface area contributed by atoms with Gasteiger partial charge >= 0.3 is 0 Å². The van der Waals surface area contributed by atoms with Crippen molar-refractivity contribution in [3.63, 3.8) is 0 Å². The summed E-state index contributed by atoms with van der Waals surface area (Å²) in [6.07, 6.45) is 0. The summed E-state index contributed by atoms with van der Waals surface area (Å²) in [6.45, 7) is 0. The predicted molar refractivity (Wildman–Crippen MR) is 250 cm³/mol. The second kappa shape index (κ2) is 15.0. The van der Waals surface area contributed by atoms with Crippen molar-refractivity contribution in [2.75, 3.05) is 4.90 Å². The molecule has 282 valence electrons. The minimum absolute atomic E-state index is 0.722. The molecule has 4 heteroatoms. The van der Waals surface area contributed by atoms with E-state index in [1.54, 1.807) is 0 Å². The average molecular weight is 767 g/mol. The van der Waals surface area contributed by atoms with Crippen LogP contribution in [0.4, 0.5) is 17.1 Å². The van der Waals surface area contributed by atoms with Gasteiger partial charge in [0.1, 0.15) is 0 Å². The zero-order valence-corrected chi connectivity index (χ0v) is 32.7. The van der Waals surface area contributed by atoms with Crippen LogP contribution in [0, 0.1) is 0 Å². The van der Waals surface area contributed by atoms with Crippen molar-refractivity contribution < 1.29 is 0 Å². The summed E-state index contributed by atoms with van der Waals surface area (Å²) in [5, 5.41) is 3.42. The fourth-order valence-corrected chi connectivity index (χ4v) is 8.48. The number of rotatable bonds is 8. The van der Waals surface area contributed by atoms with Gasteiger partial charge in [-0.2, -0.15) is 0 Å². The molecular formula is C56H38N4. The van der Waals surface area contributed by atoms with Crippen LogP contribution >= 0.6 is 0 Å². The molecule has 0 bridgehead atoms. The molecule has 11 aromatic rings. The van der Waals surface area contributed by atoms with Crippen LogP contribution in [0.25, 0.3) is 83.3 Å². The summed E-state index contributed by atoms with van der Waals surface area (Å²) in [4.78, 5) is 12.5. The molecule has 0 saturated carbocycles. The van der Waals surface area contributed by atoms with E-state index in [1.165, 1.54) is 21.9 Å². The zero-order valence-electron chi connectivity index (χ0n) is 32.7. The van der Waals surface area contributed by atoms with Gasteiger partial charge in [0, 0.05) is 50.0 Å². The Hall–Kier alpha value is -8.08. The largest absolute Gasteiger partial charge is 0.311 e. The first-order valence-electron chi connectivity index (χ1n) is 20.3. The monoisotopic (exact) mass is 766 g/mol. The average Bonchev–Trinajstić information content (AvgIpc) is 3.66. The van der Waals surface area contributed by atoms with Crippen LogP contribution in [-0.4, -0.2) is 14.5 Å². The fourth-order valence-electron chi connectivity index (χ4n) is 8.48. The van der Waals surface area contributed by atoms with Crippen LogP contribution in [0.1, 0.15) is 0 Å². The van der Waals surface area contributed by atoms with Crippen molar-refractivity contribution in [2.45, 2.75) is 0 Å². The highest BCUT2D eigenvalue weighted by atomic mass is 15.1. The van der Waals surface area contributed by atoms with Crippen molar-refractivity contribution in [3.05, 3.63) is 231 Å². The third-order valence-corrected chi connectivity index (χ3v) is 11.4. The quantitative estimate of drug-likeness (QED) is 0.154. The van der Waals surface area contributed by atoms with Crippen molar-refractivity contribution >= 4 is 49.8 Å². The Morgan fingerprint density at radius 2 is 0.750 bits per heavy atom. The van der Waals surface area contributed by atoms with Gasteiger partial charge in [-0.3, -0.25) is 0 Å². The molecule has 0 aliphatic carbocycles. The van der Waals surface area contributed by atoms with Crippen molar-refractivity contribution in [1.82, 2.24) is 14.5 Å². The van der Waals surface area contributed by atoms with Gasteiger partial charge in [0.15, 0.2) is 5.82 Å². The summed E-state index contributed by atoms with van der Waals surface area (Å²) in [6, 6.07) is 81.6. The smallest absolute Gasteiger partial charge is 0.160 e. The van der Waals surface area contributed by atoms with E-state index < -0.39 is 0 Å². The number of benzene rings is 9. The molecule has 60 heavy (non-hydrogen) atoms. The van der Waals surface area contributed by atoms with Gasteiger partial charge < -0.3 is 9.47 Å². The lowest BCUT2D eigenvalue weighted by Crippen LogP contribution is -2.09. The molecule has 2 aromatic heterocycles. The number of para-hydroxylation sites is 3. The molecule has 0 atom stereocenters. The number of aromatic nitrogens is 3. The normalized spacial score (nSPS) is 11.3. The molecule has 2 heterocycles. The molecule has 4 nitrogen and oxygen atoms in total. The van der Waals surface area contributed by atoms with E-state index in [1.807, 2.05) is 24.3 Å². The van der Waals surface area contributed by atoms with Gasteiger partial charge in [0.25, 0.3) is 0 Å². The molecular weight excluding hydrogens is 729 g/mol. The van der Waals surface area contributed by atoms with Crippen LogP contribution in [0.15, 0.2) is 231 Å². The summed E-state index contributed by atoms with van der Waals surface area (Å²) < 4.78 is 2.38. The number of hydrogen-bond acceptors (Lipinski definition) is 3. The third-order valence-electron chi connectivity index (χ3n) is 11.4. The summed E-state index contributed by atoms with van der Waals surface area (Å²) >= 11 is 0. The Kier molecular flexibility index (Phi) is 8.79. The number of nitrogens with zero attached hydrogens (tertiary/aromatic N) is 4. The lowest BCUT2D eigenvalue weighted by Gasteiger charge is -2.25. The van der Waals surface area contributed by atoms with Gasteiger partial charge in [0.2, 0.25) is 0 Å². The van der Waals surface area contributed by atoms with Crippen LogP contribution in [0.5, 0.6) is 0 Å². The highest BCUT2D eigenvalue weighted by Gasteiger charge is 2.18. The van der Waals surface area contributed by atoms with Crippen molar-refractivity contribution in [2.24, 2.45) is 0 Å². The van der Waals surface area contributed by atoms with E-state index in [9.17, 15) is 0 Å². The molecule has 0 aliphatic rings. The molecule has 0 amide bonds. The van der Waals surface area contributed by atoms with Gasteiger partial charge in [-0.15, -0.1) is 0 Å². The van der Waals surface area contributed by atoms with Gasteiger partial charge in [-0.05, 0) is 107 Å². The zero-order chi connectivity index (χ0) is 39.8. The van der Waals surface area contributed by atoms with Crippen molar-refractivity contribution in [3.8, 4) is 50.6 Å². The minimum atomic E-state index is 0.722. The highest BCUT2D eigenvalue weighted by Crippen LogP contribution is 2.40. The Labute approximate surface area is 348 Å². The molecule has 9 aromatic carbocycles. The topological polar surface area (TPSA) is 34.0 Å². The molecule has 0 unspecified atom stereocenters. The first-order chi connectivity index (χ1) is 29.7. The third kappa shape index (κ3) is 6.37.